The lowest BCUT2D eigenvalue weighted by molar-refractivity contribution is 0.435. The highest BCUT2D eigenvalue weighted by Gasteiger charge is 2.37. The molecular formula is C21H22ClFN4S. The SMILES string of the molecule is CNCC1C[C@H]1c1ccc(-c2ncn(CCF)c2Sc2ccc(Cl)cn2)cc1. The van der Waals surface area contributed by atoms with E-state index in [0.29, 0.717) is 10.9 Å². The standard InChI is InChI=1S/C21H22ClFN4S/c1-24-11-16-10-18(16)14-2-4-15(5-3-14)20-21(27(9-8-23)13-26-20)28-19-7-6-17(22)12-25-19/h2-7,12-13,16,18,24H,8-11H2,1H3/t16?,18-/m0/s1. The zero-order chi connectivity index (χ0) is 19.5. The molecule has 1 unspecified atom stereocenters. The van der Waals surface area contributed by atoms with Gasteiger partial charge in [0, 0.05) is 11.8 Å². The number of hydrogen-bond acceptors (Lipinski definition) is 4. The fourth-order valence-corrected chi connectivity index (χ4v) is 4.55. The molecule has 4 nitrogen and oxygen atoms in total. The van der Waals surface area contributed by atoms with Crippen LogP contribution < -0.4 is 5.32 Å². The second kappa shape index (κ2) is 8.64. The molecule has 1 saturated carbocycles. The molecule has 1 aliphatic carbocycles. The predicted octanol–water partition coefficient (Wildman–Crippen LogP) is 5.04. The summed E-state index contributed by atoms with van der Waals surface area (Å²) in [5.74, 6) is 1.39. The molecule has 146 valence electrons. The van der Waals surface area contributed by atoms with E-state index in [1.807, 2.05) is 17.7 Å². The summed E-state index contributed by atoms with van der Waals surface area (Å²) in [6, 6.07) is 12.3. The van der Waals surface area contributed by atoms with Crippen molar-refractivity contribution < 1.29 is 4.39 Å². The van der Waals surface area contributed by atoms with Crippen molar-refractivity contribution in [1.29, 1.82) is 0 Å². The van der Waals surface area contributed by atoms with Crippen molar-refractivity contribution >= 4 is 23.4 Å². The van der Waals surface area contributed by atoms with Crippen molar-refractivity contribution in [1.82, 2.24) is 19.9 Å². The largest absolute Gasteiger partial charge is 0.322 e. The highest BCUT2D eigenvalue weighted by atomic mass is 35.5. The van der Waals surface area contributed by atoms with Crippen LogP contribution >= 0.6 is 23.4 Å². The van der Waals surface area contributed by atoms with Crippen LogP contribution in [0.5, 0.6) is 0 Å². The van der Waals surface area contributed by atoms with Crippen molar-refractivity contribution in [3.05, 3.63) is 59.5 Å². The van der Waals surface area contributed by atoms with Crippen molar-refractivity contribution in [2.75, 3.05) is 20.3 Å². The lowest BCUT2D eigenvalue weighted by atomic mass is 10.1. The number of pyridine rings is 1. The van der Waals surface area contributed by atoms with Crippen LogP contribution in [0, 0.1) is 5.92 Å². The molecule has 0 bridgehead atoms. The molecule has 4 rings (SSSR count). The molecule has 7 heteroatoms. The van der Waals surface area contributed by atoms with Crippen molar-refractivity contribution in [2.45, 2.75) is 28.9 Å². The molecule has 2 aromatic heterocycles. The summed E-state index contributed by atoms with van der Waals surface area (Å²) >= 11 is 7.41. The Bertz CT molecular complexity index is 927. The first-order valence-electron chi connectivity index (χ1n) is 9.35. The lowest BCUT2D eigenvalue weighted by Gasteiger charge is -2.09. The van der Waals surface area contributed by atoms with Gasteiger partial charge >= 0.3 is 0 Å². The number of aryl methyl sites for hydroxylation is 1. The van der Waals surface area contributed by atoms with Crippen LogP contribution in [0.1, 0.15) is 17.9 Å². The summed E-state index contributed by atoms with van der Waals surface area (Å²) in [5.41, 5.74) is 3.26. The second-order valence-electron chi connectivity index (χ2n) is 6.98. The van der Waals surface area contributed by atoms with Gasteiger partial charge in [-0.2, -0.15) is 0 Å². The summed E-state index contributed by atoms with van der Waals surface area (Å²) in [6.45, 7) is 0.897. The maximum Gasteiger partial charge on any atom is 0.109 e. The van der Waals surface area contributed by atoms with E-state index >= 15 is 0 Å². The van der Waals surface area contributed by atoms with Crippen LogP contribution in [0.3, 0.4) is 0 Å². The normalized spacial score (nSPS) is 18.4. The average Bonchev–Trinajstić information content (AvgIpc) is 3.37. The van der Waals surface area contributed by atoms with Crippen LogP contribution in [-0.4, -0.2) is 34.8 Å². The summed E-state index contributed by atoms with van der Waals surface area (Å²) in [4.78, 5) is 8.92. The number of nitrogens with one attached hydrogen (secondary N) is 1. The van der Waals surface area contributed by atoms with E-state index in [9.17, 15) is 4.39 Å². The van der Waals surface area contributed by atoms with Gasteiger partial charge in [0.05, 0.1) is 17.9 Å². The monoisotopic (exact) mass is 416 g/mol. The van der Waals surface area contributed by atoms with E-state index in [0.717, 1.165) is 33.8 Å². The van der Waals surface area contributed by atoms with Crippen molar-refractivity contribution in [2.24, 2.45) is 5.92 Å². The Balaban J connectivity index is 1.59. The summed E-state index contributed by atoms with van der Waals surface area (Å²) in [6.07, 6.45) is 4.56. The summed E-state index contributed by atoms with van der Waals surface area (Å²) < 4.78 is 14.9. The molecule has 2 heterocycles. The van der Waals surface area contributed by atoms with Gasteiger partial charge in [-0.05, 0) is 61.3 Å². The molecule has 28 heavy (non-hydrogen) atoms. The van der Waals surface area contributed by atoms with Gasteiger partial charge in [-0.3, -0.25) is 0 Å². The van der Waals surface area contributed by atoms with Gasteiger partial charge in [0.1, 0.15) is 22.4 Å². The number of aromatic nitrogens is 3. The molecule has 0 spiro atoms. The lowest BCUT2D eigenvalue weighted by Crippen LogP contribution is -2.10. The Labute approximate surface area is 173 Å². The van der Waals surface area contributed by atoms with Gasteiger partial charge in [-0.15, -0.1) is 0 Å². The number of rotatable bonds is 8. The number of imidazole rings is 1. The molecule has 1 aromatic carbocycles. The first-order valence-corrected chi connectivity index (χ1v) is 10.5. The number of halogens is 2. The number of alkyl halides is 1. The highest BCUT2D eigenvalue weighted by molar-refractivity contribution is 7.99. The number of benzene rings is 1. The molecule has 0 radical (unpaired) electrons. The Hall–Kier alpha value is -1.89. The number of nitrogens with zero attached hydrogens (tertiary/aromatic N) is 3. The maximum absolute atomic E-state index is 13.0. The van der Waals surface area contributed by atoms with E-state index in [1.54, 1.807) is 18.6 Å². The fraction of sp³-hybridized carbons (Fsp3) is 0.333. The van der Waals surface area contributed by atoms with Gasteiger partial charge in [-0.1, -0.05) is 35.9 Å². The predicted molar refractivity (Wildman–Crippen MR) is 112 cm³/mol. The van der Waals surface area contributed by atoms with Crippen LogP contribution in [-0.2, 0) is 6.54 Å². The average molecular weight is 417 g/mol. The first kappa shape index (κ1) is 19.4. The topological polar surface area (TPSA) is 42.7 Å². The second-order valence-corrected chi connectivity index (χ2v) is 8.42. The minimum atomic E-state index is -0.440. The minimum absolute atomic E-state index is 0.273. The zero-order valence-corrected chi connectivity index (χ0v) is 17.2. The smallest absolute Gasteiger partial charge is 0.109 e. The van der Waals surface area contributed by atoms with E-state index in [4.69, 9.17) is 11.6 Å². The first-order chi connectivity index (χ1) is 13.7. The van der Waals surface area contributed by atoms with Gasteiger partial charge < -0.3 is 9.88 Å². The highest BCUT2D eigenvalue weighted by Crippen LogP contribution is 2.47. The van der Waals surface area contributed by atoms with Crippen LogP contribution in [0.25, 0.3) is 11.3 Å². The third-order valence-electron chi connectivity index (χ3n) is 5.02. The van der Waals surface area contributed by atoms with Crippen LogP contribution in [0.2, 0.25) is 5.02 Å². The molecule has 1 fully saturated rings. The molecule has 0 saturated heterocycles. The third-order valence-corrected chi connectivity index (χ3v) is 6.31. The Morgan fingerprint density at radius 2 is 2.04 bits per heavy atom. The molecular weight excluding hydrogens is 395 g/mol. The molecule has 0 aliphatic heterocycles. The van der Waals surface area contributed by atoms with Crippen molar-refractivity contribution in [3.8, 4) is 11.3 Å². The summed E-state index contributed by atoms with van der Waals surface area (Å²) in [5, 5.41) is 5.54. The van der Waals surface area contributed by atoms with E-state index in [2.05, 4.69) is 39.6 Å². The van der Waals surface area contributed by atoms with E-state index in [-0.39, 0.29) is 6.54 Å². The number of hydrogen-bond donors (Lipinski definition) is 1. The van der Waals surface area contributed by atoms with Gasteiger partial charge in [0.15, 0.2) is 0 Å². The molecule has 2 atom stereocenters. The van der Waals surface area contributed by atoms with Gasteiger partial charge in [0.25, 0.3) is 0 Å². The van der Waals surface area contributed by atoms with E-state index in [1.165, 1.54) is 23.7 Å². The van der Waals surface area contributed by atoms with Crippen LogP contribution in [0.15, 0.2) is 59.0 Å². The van der Waals surface area contributed by atoms with Crippen LogP contribution in [0.4, 0.5) is 4.39 Å². The zero-order valence-electron chi connectivity index (χ0n) is 15.6. The molecule has 3 aromatic rings. The molecule has 1 N–H and O–H groups in total. The van der Waals surface area contributed by atoms with Crippen molar-refractivity contribution in [3.63, 3.8) is 0 Å². The fourth-order valence-electron chi connectivity index (χ4n) is 3.48. The summed E-state index contributed by atoms with van der Waals surface area (Å²) in [7, 11) is 2.00. The van der Waals surface area contributed by atoms with Gasteiger partial charge in [0.2, 0.25) is 0 Å². The Morgan fingerprint density at radius 3 is 2.71 bits per heavy atom. The maximum atomic E-state index is 13.0. The molecule has 0 amide bonds. The quantitative estimate of drug-likeness (QED) is 0.558. The Morgan fingerprint density at radius 1 is 1.21 bits per heavy atom. The van der Waals surface area contributed by atoms with E-state index < -0.39 is 6.67 Å². The van der Waals surface area contributed by atoms with Gasteiger partial charge in [-0.25, -0.2) is 14.4 Å². The third kappa shape index (κ3) is 4.24. The molecule has 1 aliphatic rings. The Kier molecular flexibility index (Phi) is 5.99. The minimum Gasteiger partial charge on any atom is -0.322 e.